The summed E-state index contributed by atoms with van der Waals surface area (Å²) in [7, 11) is -1.58. The monoisotopic (exact) mass is 483 g/mol. The van der Waals surface area contributed by atoms with E-state index >= 15 is 0 Å². The molecule has 188 valence electrons. The first-order chi connectivity index (χ1) is 16.9. The Kier molecular flexibility index (Phi) is 8.25. The van der Waals surface area contributed by atoms with Crippen LogP contribution in [0.1, 0.15) is 62.7 Å². The van der Waals surface area contributed by atoms with Gasteiger partial charge in [-0.1, -0.05) is 19.1 Å². The summed E-state index contributed by atoms with van der Waals surface area (Å²) >= 11 is 0. The van der Waals surface area contributed by atoms with Gasteiger partial charge in [0.2, 0.25) is 5.91 Å². The minimum Gasteiger partial charge on any atom is -0.462 e. The molecular weight excluding hydrogens is 449 g/mol. The summed E-state index contributed by atoms with van der Waals surface area (Å²) in [5, 5.41) is 23.5. The SMILES string of the molecule is CCOC(=O)c1cn(-c2ccc(B(O)O)cc2)nc1N(C(=O)C1CCC(C)CC1)C1CCOCC1. The van der Waals surface area contributed by atoms with Crippen molar-refractivity contribution in [2.75, 3.05) is 24.7 Å². The van der Waals surface area contributed by atoms with Crippen molar-refractivity contribution in [2.45, 2.75) is 58.4 Å². The van der Waals surface area contributed by atoms with Crippen molar-refractivity contribution in [1.82, 2.24) is 9.78 Å². The second kappa shape index (κ2) is 11.4. The van der Waals surface area contributed by atoms with E-state index in [1.54, 1.807) is 42.3 Å². The van der Waals surface area contributed by atoms with Crippen LogP contribution in [0.25, 0.3) is 5.69 Å². The molecule has 0 bridgehead atoms. The van der Waals surface area contributed by atoms with Gasteiger partial charge in [-0.2, -0.15) is 0 Å². The highest BCUT2D eigenvalue weighted by Crippen LogP contribution is 2.34. The molecule has 1 amide bonds. The molecule has 2 aliphatic rings. The van der Waals surface area contributed by atoms with Gasteiger partial charge in [0.15, 0.2) is 5.82 Å². The minimum atomic E-state index is -1.58. The average Bonchev–Trinajstić information content (AvgIpc) is 3.30. The first kappa shape index (κ1) is 25.4. The second-order valence-electron chi connectivity index (χ2n) is 9.51. The number of ether oxygens (including phenoxy) is 2. The molecule has 0 atom stereocenters. The Morgan fingerprint density at radius 3 is 2.37 bits per heavy atom. The summed E-state index contributed by atoms with van der Waals surface area (Å²) in [5.74, 6) is 0.312. The van der Waals surface area contributed by atoms with Crippen LogP contribution in [0.4, 0.5) is 5.82 Å². The largest absolute Gasteiger partial charge is 0.488 e. The Morgan fingerprint density at radius 1 is 1.11 bits per heavy atom. The molecule has 1 saturated carbocycles. The number of amides is 1. The molecule has 0 radical (unpaired) electrons. The summed E-state index contributed by atoms with van der Waals surface area (Å²) in [6.45, 7) is 5.27. The third-order valence-electron chi connectivity index (χ3n) is 7.03. The van der Waals surface area contributed by atoms with Gasteiger partial charge in [0.1, 0.15) is 5.56 Å². The molecule has 10 heteroatoms. The summed E-state index contributed by atoms with van der Waals surface area (Å²) in [6.07, 6.45) is 6.63. The van der Waals surface area contributed by atoms with Crippen LogP contribution in [0.3, 0.4) is 0 Å². The molecule has 1 aromatic heterocycles. The topological polar surface area (TPSA) is 114 Å². The number of hydrogen-bond donors (Lipinski definition) is 2. The van der Waals surface area contributed by atoms with Gasteiger partial charge in [-0.25, -0.2) is 9.48 Å². The lowest BCUT2D eigenvalue weighted by molar-refractivity contribution is -0.124. The standard InChI is InChI=1S/C25H34BN3O6/c1-3-35-25(31)22-16-28(20-10-8-19(9-11-20)26(32)33)27-23(22)29(21-12-14-34-15-13-21)24(30)18-6-4-17(2)5-7-18/h8-11,16-18,21,32-33H,3-7,12-15H2,1-2H3. The highest BCUT2D eigenvalue weighted by atomic mass is 16.5. The molecule has 1 saturated heterocycles. The van der Waals surface area contributed by atoms with Crippen LogP contribution in [-0.2, 0) is 14.3 Å². The Balaban J connectivity index is 1.75. The van der Waals surface area contributed by atoms with Crippen molar-refractivity contribution in [3.8, 4) is 5.69 Å². The molecule has 1 aromatic carbocycles. The zero-order chi connectivity index (χ0) is 24.9. The molecule has 4 rings (SSSR count). The minimum absolute atomic E-state index is 0.0124. The first-order valence-corrected chi connectivity index (χ1v) is 12.5. The third kappa shape index (κ3) is 5.77. The highest BCUT2D eigenvalue weighted by Gasteiger charge is 2.37. The molecule has 2 aromatic rings. The number of nitrogens with zero attached hydrogens (tertiary/aromatic N) is 3. The highest BCUT2D eigenvalue weighted by molar-refractivity contribution is 6.58. The molecule has 2 fully saturated rings. The number of rotatable bonds is 7. The molecule has 0 spiro atoms. The van der Waals surface area contributed by atoms with Crippen molar-refractivity contribution in [2.24, 2.45) is 11.8 Å². The van der Waals surface area contributed by atoms with E-state index in [0.29, 0.717) is 48.9 Å². The summed E-state index contributed by atoms with van der Waals surface area (Å²) in [4.78, 5) is 28.6. The number of hydrogen-bond acceptors (Lipinski definition) is 7. The molecule has 2 N–H and O–H groups in total. The molecule has 9 nitrogen and oxygen atoms in total. The fraction of sp³-hybridized carbons (Fsp3) is 0.560. The predicted molar refractivity (Wildman–Crippen MR) is 132 cm³/mol. The van der Waals surface area contributed by atoms with Gasteiger partial charge in [-0.15, -0.1) is 5.10 Å². The lowest BCUT2D eigenvalue weighted by Gasteiger charge is -2.37. The van der Waals surface area contributed by atoms with Crippen molar-refractivity contribution in [3.63, 3.8) is 0 Å². The Hall–Kier alpha value is -2.69. The molecule has 35 heavy (non-hydrogen) atoms. The lowest BCUT2D eigenvalue weighted by Crippen LogP contribution is -2.47. The van der Waals surface area contributed by atoms with Gasteiger partial charge >= 0.3 is 13.1 Å². The number of carbonyl (C=O) groups excluding carboxylic acids is 2. The van der Waals surface area contributed by atoms with E-state index in [2.05, 4.69) is 6.92 Å². The van der Waals surface area contributed by atoms with E-state index in [4.69, 9.17) is 14.6 Å². The Labute approximate surface area is 206 Å². The number of benzene rings is 1. The maximum absolute atomic E-state index is 13.9. The Morgan fingerprint density at radius 2 is 1.77 bits per heavy atom. The van der Waals surface area contributed by atoms with E-state index in [1.807, 2.05) is 0 Å². The van der Waals surface area contributed by atoms with Crippen LogP contribution in [0.2, 0.25) is 0 Å². The smallest absolute Gasteiger partial charge is 0.462 e. The Bertz CT molecular complexity index is 1010. The molecule has 1 aliphatic carbocycles. The van der Waals surface area contributed by atoms with Gasteiger partial charge in [-0.3, -0.25) is 9.69 Å². The van der Waals surface area contributed by atoms with Crippen molar-refractivity contribution >= 4 is 30.3 Å². The summed E-state index contributed by atoms with van der Waals surface area (Å²) in [5.41, 5.74) is 1.21. The van der Waals surface area contributed by atoms with Gasteiger partial charge in [-0.05, 0) is 69.0 Å². The van der Waals surface area contributed by atoms with Crippen LogP contribution in [0, 0.1) is 11.8 Å². The summed E-state index contributed by atoms with van der Waals surface area (Å²) < 4.78 is 12.4. The number of carbonyl (C=O) groups is 2. The van der Waals surface area contributed by atoms with Gasteiger partial charge in [0, 0.05) is 31.4 Å². The fourth-order valence-corrected chi connectivity index (χ4v) is 4.93. The molecule has 1 aliphatic heterocycles. The fourth-order valence-electron chi connectivity index (χ4n) is 4.93. The van der Waals surface area contributed by atoms with Crippen LogP contribution >= 0.6 is 0 Å². The van der Waals surface area contributed by atoms with E-state index < -0.39 is 13.1 Å². The predicted octanol–water partition coefficient (Wildman–Crippen LogP) is 2.07. The van der Waals surface area contributed by atoms with Gasteiger partial charge < -0.3 is 19.5 Å². The van der Waals surface area contributed by atoms with Gasteiger partial charge in [0.25, 0.3) is 0 Å². The van der Waals surface area contributed by atoms with E-state index in [1.165, 1.54) is 4.68 Å². The third-order valence-corrected chi connectivity index (χ3v) is 7.03. The van der Waals surface area contributed by atoms with Gasteiger partial charge in [0.05, 0.1) is 12.3 Å². The zero-order valence-electron chi connectivity index (χ0n) is 20.4. The lowest BCUT2D eigenvalue weighted by atomic mass is 9.80. The van der Waals surface area contributed by atoms with Crippen LogP contribution in [0.15, 0.2) is 30.5 Å². The van der Waals surface area contributed by atoms with Crippen molar-refractivity contribution in [1.29, 1.82) is 0 Å². The molecular formula is C25H34BN3O6. The van der Waals surface area contributed by atoms with Crippen LogP contribution < -0.4 is 10.4 Å². The number of anilines is 1. The van der Waals surface area contributed by atoms with E-state index in [-0.39, 0.29) is 30.0 Å². The number of aromatic nitrogens is 2. The second-order valence-corrected chi connectivity index (χ2v) is 9.51. The number of esters is 1. The summed E-state index contributed by atoms with van der Waals surface area (Å²) in [6, 6.07) is 6.41. The van der Waals surface area contributed by atoms with E-state index in [9.17, 15) is 19.6 Å². The van der Waals surface area contributed by atoms with Crippen LogP contribution in [0.5, 0.6) is 0 Å². The normalized spacial score (nSPS) is 20.9. The quantitative estimate of drug-likeness (QED) is 0.458. The van der Waals surface area contributed by atoms with E-state index in [0.717, 1.165) is 25.7 Å². The molecule has 2 heterocycles. The zero-order valence-corrected chi connectivity index (χ0v) is 20.4. The first-order valence-electron chi connectivity index (χ1n) is 12.5. The molecule has 0 unspecified atom stereocenters. The van der Waals surface area contributed by atoms with Crippen LogP contribution in [-0.4, -0.2) is 64.7 Å². The average molecular weight is 483 g/mol. The maximum Gasteiger partial charge on any atom is 0.488 e. The van der Waals surface area contributed by atoms with Crippen molar-refractivity contribution in [3.05, 3.63) is 36.0 Å². The van der Waals surface area contributed by atoms with Crippen molar-refractivity contribution < 1.29 is 29.1 Å². The maximum atomic E-state index is 13.9.